The van der Waals surface area contributed by atoms with Crippen LogP contribution in [0.1, 0.15) is 25.5 Å². The Morgan fingerprint density at radius 3 is 3.05 bits per heavy atom. The van der Waals surface area contributed by atoms with Gasteiger partial charge in [-0.15, -0.1) is 0 Å². The fourth-order valence-electron chi connectivity index (χ4n) is 2.52. The van der Waals surface area contributed by atoms with Gasteiger partial charge in [-0.3, -0.25) is 14.9 Å². The maximum Gasteiger partial charge on any atom is 0.290 e. The smallest absolute Gasteiger partial charge is 0.290 e. The van der Waals surface area contributed by atoms with Crippen molar-refractivity contribution in [1.82, 2.24) is 15.3 Å². The molecule has 0 aliphatic carbocycles. The summed E-state index contributed by atoms with van der Waals surface area (Å²) in [6.07, 6.45) is 5.69. The number of imide groups is 1. The molecule has 1 aromatic heterocycles. The highest BCUT2D eigenvalue weighted by Crippen LogP contribution is 2.25. The van der Waals surface area contributed by atoms with Gasteiger partial charge in [-0.1, -0.05) is 6.92 Å². The predicted octanol–water partition coefficient (Wildman–Crippen LogP) is 2.04. The van der Waals surface area contributed by atoms with Crippen LogP contribution in [-0.4, -0.2) is 34.2 Å². The van der Waals surface area contributed by atoms with Gasteiger partial charge in [-0.05, 0) is 42.7 Å². The fourth-order valence-corrected chi connectivity index (χ4v) is 3.19. The zero-order valence-electron chi connectivity index (χ0n) is 11.7. The molecule has 1 aromatic rings. The summed E-state index contributed by atoms with van der Waals surface area (Å²) in [5.74, 6) is 0.959. The quantitative estimate of drug-likeness (QED) is 0.843. The summed E-state index contributed by atoms with van der Waals surface area (Å²) in [5.41, 5.74) is 0.644. The molecular formula is C14H16N4O2S. The van der Waals surface area contributed by atoms with Gasteiger partial charge in [0.25, 0.3) is 11.1 Å². The molecule has 21 heavy (non-hydrogen) atoms. The minimum atomic E-state index is -0.364. The molecular weight excluding hydrogens is 288 g/mol. The maximum atomic E-state index is 11.5. The molecule has 1 atom stereocenters. The molecule has 2 fully saturated rings. The number of nitrogens with zero attached hydrogens (tertiary/aromatic N) is 3. The number of hydrogen-bond donors (Lipinski definition) is 1. The number of piperidine rings is 1. The largest absolute Gasteiger partial charge is 0.341 e. The lowest BCUT2D eigenvalue weighted by Gasteiger charge is -2.30. The molecule has 2 amide bonds. The van der Waals surface area contributed by atoms with Crippen molar-refractivity contribution in [3.05, 3.63) is 22.9 Å². The molecule has 2 saturated heterocycles. The number of nitrogens with one attached hydrogen (secondary N) is 1. The summed E-state index contributed by atoms with van der Waals surface area (Å²) in [6, 6.07) is 1.74. The Morgan fingerprint density at radius 1 is 1.48 bits per heavy atom. The summed E-state index contributed by atoms with van der Waals surface area (Å²) in [5, 5.41) is 1.89. The molecule has 1 unspecified atom stereocenters. The third-order valence-electron chi connectivity index (χ3n) is 3.53. The SMILES string of the molecule is CC1CCCN(c2nccc(/C=C3\SC(=O)NC3=O)n2)C1. The van der Waals surface area contributed by atoms with Crippen molar-refractivity contribution in [3.8, 4) is 0 Å². The zero-order valence-corrected chi connectivity index (χ0v) is 12.5. The first-order valence-electron chi connectivity index (χ1n) is 6.94. The van der Waals surface area contributed by atoms with Crippen LogP contribution in [0.25, 0.3) is 6.08 Å². The lowest BCUT2D eigenvalue weighted by Crippen LogP contribution is -2.35. The van der Waals surface area contributed by atoms with Gasteiger partial charge < -0.3 is 4.90 Å². The van der Waals surface area contributed by atoms with E-state index in [9.17, 15) is 9.59 Å². The molecule has 0 spiro atoms. The van der Waals surface area contributed by atoms with Gasteiger partial charge >= 0.3 is 0 Å². The number of carbonyl (C=O) groups is 2. The van der Waals surface area contributed by atoms with Crippen LogP contribution in [0.4, 0.5) is 10.7 Å². The Balaban J connectivity index is 1.82. The van der Waals surface area contributed by atoms with Crippen molar-refractivity contribution in [2.24, 2.45) is 5.92 Å². The number of amides is 2. The van der Waals surface area contributed by atoms with E-state index in [0.717, 1.165) is 31.3 Å². The molecule has 0 bridgehead atoms. The number of carbonyl (C=O) groups excluding carboxylic acids is 2. The van der Waals surface area contributed by atoms with Gasteiger partial charge in [0.15, 0.2) is 0 Å². The van der Waals surface area contributed by atoms with Crippen molar-refractivity contribution in [1.29, 1.82) is 0 Å². The lowest BCUT2D eigenvalue weighted by atomic mass is 10.0. The van der Waals surface area contributed by atoms with Gasteiger partial charge in [-0.2, -0.15) is 0 Å². The first-order chi connectivity index (χ1) is 10.1. The average molecular weight is 304 g/mol. The van der Waals surface area contributed by atoms with Crippen LogP contribution >= 0.6 is 11.8 Å². The average Bonchev–Trinajstić information content (AvgIpc) is 2.77. The van der Waals surface area contributed by atoms with E-state index in [1.165, 1.54) is 6.42 Å². The van der Waals surface area contributed by atoms with E-state index in [2.05, 4.69) is 27.1 Å². The Bertz CT molecular complexity index is 617. The van der Waals surface area contributed by atoms with Crippen molar-refractivity contribution < 1.29 is 9.59 Å². The lowest BCUT2D eigenvalue weighted by molar-refractivity contribution is -0.115. The molecule has 2 aliphatic heterocycles. The number of thioether (sulfide) groups is 1. The standard InChI is InChI=1S/C14H16N4O2S/c1-9-3-2-6-18(8-9)13-15-5-4-10(16-13)7-11-12(19)17-14(20)21-11/h4-5,7,9H,2-3,6,8H2,1H3,(H,17,19,20)/b11-7-. The van der Waals surface area contributed by atoms with Crippen molar-refractivity contribution in [2.45, 2.75) is 19.8 Å². The van der Waals surface area contributed by atoms with E-state index in [1.807, 2.05) is 0 Å². The Labute approximate surface area is 127 Å². The van der Waals surface area contributed by atoms with E-state index in [-0.39, 0.29) is 11.1 Å². The van der Waals surface area contributed by atoms with E-state index >= 15 is 0 Å². The third kappa shape index (κ3) is 3.24. The van der Waals surface area contributed by atoms with Crippen molar-refractivity contribution >= 4 is 34.9 Å². The second-order valence-electron chi connectivity index (χ2n) is 5.33. The molecule has 2 aliphatic rings. The predicted molar refractivity (Wildman–Crippen MR) is 81.7 cm³/mol. The summed E-state index contributed by atoms with van der Waals surface area (Å²) in [6.45, 7) is 4.13. The second kappa shape index (κ2) is 5.85. The Kier molecular flexibility index (Phi) is 3.92. The summed E-state index contributed by atoms with van der Waals surface area (Å²) in [7, 11) is 0. The molecule has 6 nitrogen and oxygen atoms in total. The molecule has 7 heteroatoms. The molecule has 0 saturated carbocycles. The molecule has 0 aromatic carbocycles. The number of aromatic nitrogens is 2. The number of hydrogen-bond acceptors (Lipinski definition) is 6. The van der Waals surface area contributed by atoms with Gasteiger partial charge in [0, 0.05) is 19.3 Å². The van der Waals surface area contributed by atoms with Crippen LogP contribution in [0.15, 0.2) is 17.2 Å². The van der Waals surface area contributed by atoms with Crippen LogP contribution in [0.3, 0.4) is 0 Å². The van der Waals surface area contributed by atoms with Gasteiger partial charge in [0.2, 0.25) is 5.95 Å². The highest BCUT2D eigenvalue weighted by atomic mass is 32.2. The Morgan fingerprint density at radius 2 is 2.33 bits per heavy atom. The highest BCUT2D eigenvalue weighted by Gasteiger charge is 2.25. The summed E-state index contributed by atoms with van der Waals surface area (Å²) in [4.78, 5) is 34.0. The van der Waals surface area contributed by atoms with Gasteiger partial charge in [0.1, 0.15) is 0 Å². The van der Waals surface area contributed by atoms with Crippen molar-refractivity contribution in [3.63, 3.8) is 0 Å². The minimum Gasteiger partial charge on any atom is -0.341 e. The second-order valence-corrected chi connectivity index (χ2v) is 6.34. The number of rotatable bonds is 2. The maximum absolute atomic E-state index is 11.5. The van der Waals surface area contributed by atoms with E-state index in [1.54, 1.807) is 18.3 Å². The Hall–Kier alpha value is -1.89. The summed E-state index contributed by atoms with van der Waals surface area (Å²) >= 11 is 0.898. The van der Waals surface area contributed by atoms with E-state index < -0.39 is 0 Å². The fraction of sp³-hybridized carbons (Fsp3) is 0.429. The van der Waals surface area contributed by atoms with Gasteiger partial charge in [-0.25, -0.2) is 9.97 Å². The first kappa shape index (κ1) is 14.1. The third-order valence-corrected chi connectivity index (χ3v) is 4.34. The van der Waals surface area contributed by atoms with Crippen molar-refractivity contribution in [2.75, 3.05) is 18.0 Å². The van der Waals surface area contributed by atoms with E-state index in [4.69, 9.17) is 0 Å². The topological polar surface area (TPSA) is 75.2 Å². The zero-order chi connectivity index (χ0) is 14.8. The van der Waals surface area contributed by atoms with Crippen LogP contribution in [0, 0.1) is 5.92 Å². The van der Waals surface area contributed by atoms with Crippen LogP contribution in [0.5, 0.6) is 0 Å². The molecule has 3 rings (SSSR count). The molecule has 110 valence electrons. The molecule has 0 radical (unpaired) electrons. The molecule has 3 heterocycles. The normalized spacial score (nSPS) is 24.5. The van der Waals surface area contributed by atoms with Gasteiger partial charge in [0.05, 0.1) is 10.6 Å². The van der Waals surface area contributed by atoms with Crippen LogP contribution in [0.2, 0.25) is 0 Å². The monoisotopic (exact) mass is 304 g/mol. The highest BCUT2D eigenvalue weighted by molar-refractivity contribution is 8.18. The van der Waals surface area contributed by atoms with E-state index in [0.29, 0.717) is 22.5 Å². The minimum absolute atomic E-state index is 0.342. The van der Waals surface area contributed by atoms with Crippen LogP contribution < -0.4 is 10.2 Å². The first-order valence-corrected chi connectivity index (χ1v) is 7.76. The number of anilines is 1. The van der Waals surface area contributed by atoms with Crippen LogP contribution in [-0.2, 0) is 4.79 Å². The summed E-state index contributed by atoms with van der Waals surface area (Å²) < 4.78 is 0. The molecule has 1 N–H and O–H groups in total.